The number of likely N-dealkylation sites (tertiary alicyclic amines) is 1. The number of aromatic nitrogens is 2. The lowest BCUT2D eigenvalue weighted by molar-refractivity contribution is 0.176. The van der Waals surface area contributed by atoms with E-state index in [1.807, 2.05) is 60.3 Å². The number of nitrogens with zero attached hydrogens (tertiary/aromatic N) is 4. The Bertz CT molecular complexity index is 982. The number of hydrogen-bond donors (Lipinski definition) is 1. The molecule has 1 aliphatic rings. The van der Waals surface area contributed by atoms with Crippen LogP contribution in [-0.2, 0) is 0 Å². The summed E-state index contributed by atoms with van der Waals surface area (Å²) in [5.41, 5.74) is 3.01. The van der Waals surface area contributed by atoms with Crippen molar-refractivity contribution in [2.75, 3.05) is 37.4 Å². The van der Waals surface area contributed by atoms with Crippen molar-refractivity contribution in [1.82, 2.24) is 14.7 Å². The summed E-state index contributed by atoms with van der Waals surface area (Å²) in [7, 11) is 4.00. The minimum atomic E-state index is -0.0576. The fourth-order valence-corrected chi connectivity index (χ4v) is 4.22. The van der Waals surface area contributed by atoms with Gasteiger partial charge in [-0.15, -0.1) is 0 Å². The van der Waals surface area contributed by atoms with Crippen LogP contribution in [0.2, 0.25) is 0 Å². The van der Waals surface area contributed by atoms with Crippen molar-refractivity contribution < 1.29 is 4.79 Å². The number of benzene rings is 2. The van der Waals surface area contributed by atoms with E-state index in [4.69, 9.17) is 0 Å². The molecular formula is C21H24BrN5O. The smallest absolute Gasteiger partial charge is 0.321 e. The Labute approximate surface area is 173 Å². The number of piperidine rings is 1. The number of anilines is 2. The van der Waals surface area contributed by atoms with Gasteiger partial charge < -0.3 is 15.1 Å². The molecule has 7 heteroatoms. The molecule has 2 aromatic carbocycles. The summed E-state index contributed by atoms with van der Waals surface area (Å²) >= 11 is 3.56. The topological polar surface area (TPSA) is 53.4 Å². The summed E-state index contributed by atoms with van der Waals surface area (Å²) in [5.74, 6) is 0. The minimum absolute atomic E-state index is 0.0576. The average molecular weight is 442 g/mol. The number of nitrogens with one attached hydrogen (secondary N) is 1. The average Bonchev–Trinajstić information content (AvgIpc) is 3.05. The number of urea groups is 1. The van der Waals surface area contributed by atoms with Crippen molar-refractivity contribution in [2.45, 2.75) is 18.9 Å². The number of halogens is 1. The Morgan fingerprint density at radius 1 is 1.18 bits per heavy atom. The van der Waals surface area contributed by atoms with Gasteiger partial charge in [0.15, 0.2) is 0 Å². The minimum Gasteiger partial charge on any atom is -0.378 e. The summed E-state index contributed by atoms with van der Waals surface area (Å²) in [6.07, 6.45) is 1.98. The number of rotatable bonds is 3. The Morgan fingerprint density at radius 2 is 1.93 bits per heavy atom. The van der Waals surface area contributed by atoms with Crippen LogP contribution in [0.5, 0.6) is 0 Å². The van der Waals surface area contributed by atoms with Crippen molar-refractivity contribution in [3.05, 3.63) is 53.1 Å². The third-order valence-electron chi connectivity index (χ3n) is 5.23. The Kier molecular flexibility index (Phi) is 5.26. The van der Waals surface area contributed by atoms with Crippen LogP contribution in [0.4, 0.5) is 16.2 Å². The van der Waals surface area contributed by atoms with Gasteiger partial charge >= 0.3 is 6.03 Å². The predicted molar refractivity (Wildman–Crippen MR) is 117 cm³/mol. The van der Waals surface area contributed by atoms with Gasteiger partial charge in [0.2, 0.25) is 0 Å². The summed E-state index contributed by atoms with van der Waals surface area (Å²) in [4.78, 5) is 16.7. The van der Waals surface area contributed by atoms with Crippen LogP contribution in [0.15, 0.2) is 53.1 Å². The second kappa shape index (κ2) is 7.83. The maximum Gasteiger partial charge on any atom is 0.321 e. The molecule has 0 bridgehead atoms. The van der Waals surface area contributed by atoms with Gasteiger partial charge in [-0.25, -0.2) is 4.79 Å². The molecule has 1 atom stereocenters. The van der Waals surface area contributed by atoms with Gasteiger partial charge in [-0.3, -0.25) is 4.68 Å². The molecule has 0 saturated carbocycles. The quantitative estimate of drug-likeness (QED) is 0.638. The maximum absolute atomic E-state index is 12.8. The highest BCUT2D eigenvalue weighted by molar-refractivity contribution is 9.10. The Hall–Kier alpha value is -2.54. The zero-order valence-corrected chi connectivity index (χ0v) is 17.7. The second-order valence-electron chi connectivity index (χ2n) is 7.37. The molecule has 0 unspecified atom stereocenters. The molecule has 0 aliphatic carbocycles. The second-order valence-corrected chi connectivity index (χ2v) is 8.12. The van der Waals surface area contributed by atoms with Gasteiger partial charge in [-0.05, 0) is 59.1 Å². The molecule has 1 aromatic heterocycles. The van der Waals surface area contributed by atoms with E-state index in [1.54, 1.807) is 0 Å². The Morgan fingerprint density at radius 3 is 2.68 bits per heavy atom. The van der Waals surface area contributed by atoms with Crippen LogP contribution >= 0.6 is 15.9 Å². The van der Waals surface area contributed by atoms with Crippen molar-refractivity contribution in [3.8, 4) is 0 Å². The summed E-state index contributed by atoms with van der Waals surface area (Å²) in [5, 5.41) is 8.81. The van der Waals surface area contributed by atoms with E-state index in [2.05, 4.69) is 43.2 Å². The van der Waals surface area contributed by atoms with E-state index in [9.17, 15) is 4.79 Å². The highest BCUT2D eigenvalue weighted by atomic mass is 79.9. The molecule has 146 valence electrons. The highest BCUT2D eigenvalue weighted by Crippen LogP contribution is 2.30. The number of fused-ring (bicyclic) bond motifs is 1. The van der Waals surface area contributed by atoms with E-state index < -0.39 is 0 Å². The van der Waals surface area contributed by atoms with E-state index >= 15 is 0 Å². The first-order chi connectivity index (χ1) is 13.5. The van der Waals surface area contributed by atoms with E-state index in [1.165, 1.54) is 0 Å². The molecule has 1 N–H and O–H groups in total. The zero-order valence-electron chi connectivity index (χ0n) is 16.1. The predicted octanol–water partition coefficient (Wildman–Crippen LogP) is 4.73. The number of carbonyl (C=O) groups excluding carboxylic acids is 1. The first-order valence-electron chi connectivity index (χ1n) is 9.49. The zero-order chi connectivity index (χ0) is 19.7. The van der Waals surface area contributed by atoms with Crippen LogP contribution in [0.1, 0.15) is 18.9 Å². The van der Waals surface area contributed by atoms with Gasteiger partial charge in [0.05, 0.1) is 11.6 Å². The lowest BCUT2D eigenvalue weighted by Crippen LogP contribution is -2.43. The van der Waals surface area contributed by atoms with Gasteiger partial charge in [0, 0.05) is 43.9 Å². The molecule has 1 fully saturated rings. The van der Waals surface area contributed by atoms with Crippen LogP contribution in [0, 0.1) is 0 Å². The normalized spacial score (nSPS) is 17.0. The molecule has 28 heavy (non-hydrogen) atoms. The van der Waals surface area contributed by atoms with Gasteiger partial charge in [0.25, 0.3) is 0 Å². The SMILES string of the molecule is CN(C)c1ccc(NC(=O)N2CCC[C@@H](n3nc(Br)c4ccccc43)C2)cc1. The van der Waals surface area contributed by atoms with E-state index in [0.717, 1.165) is 46.3 Å². The number of amides is 2. The standard InChI is InChI=1S/C21H24BrN5O/c1-25(2)16-11-9-15(10-12-16)23-21(28)26-13-5-6-17(14-26)27-19-8-4-3-7-18(19)20(22)24-27/h3-4,7-12,17H,5-6,13-14H2,1-2H3,(H,23,28)/t17-/m1/s1. The number of hydrogen-bond acceptors (Lipinski definition) is 3. The van der Waals surface area contributed by atoms with Gasteiger partial charge in [0.1, 0.15) is 4.60 Å². The molecule has 4 rings (SSSR count). The number of para-hydroxylation sites is 1. The van der Waals surface area contributed by atoms with Crippen LogP contribution in [0.3, 0.4) is 0 Å². The van der Waals surface area contributed by atoms with Crippen molar-refractivity contribution in [2.24, 2.45) is 0 Å². The largest absolute Gasteiger partial charge is 0.378 e. The van der Waals surface area contributed by atoms with Crippen molar-refractivity contribution in [1.29, 1.82) is 0 Å². The highest BCUT2D eigenvalue weighted by Gasteiger charge is 2.27. The third kappa shape index (κ3) is 3.71. The lowest BCUT2D eigenvalue weighted by atomic mass is 10.1. The molecular weight excluding hydrogens is 418 g/mol. The van der Waals surface area contributed by atoms with E-state index in [0.29, 0.717) is 6.54 Å². The van der Waals surface area contributed by atoms with Gasteiger partial charge in [-0.1, -0.05) is 18.2 Å². The third-order valence-corrected chi connectivity index (χ3v) is 5.82. The fourth-order valence-electron chi connectivity index (χ4n) is 3.71. The van der Waals surface area contributed by atoms with Gasteiger partial charge in [-0.2, -0.15) is 5.10 Å². The fraction of sp³-hybridized carbons (Fsp3) is 0.333. The molecule has 1 saturated heterocycles. The van der Waals surface area contributed by atoms with Crippen molar-refractivity contribution >= 4 is 44.2 Å². The van der Waals surface area contributed by atoms with Crippen LogP contribution in [0.25, 0.3) is 10.9 Å². The molecule has 0 spiro atoms. The summed E-state index contributed by atoms with van der Waals surface area (Å²) in [6, 6.07) is 16.2. The summed E-state index contributed by atoms with van der Waals surface area (Å²) in [6.45, 7) is 1.41. The van der Waals surface area contributed by atoms with E-state index in [-0.39, 0.29) is 12.1 Å². The molecule has 3 aromatic rings. The molecule has 2 amide bonds. The monoisotopic (exact) mass is 441 g/mol. The number of carbonyl (C=O) groups is 1. The summed E-state index contributed by atoms with van der Waals surface area (Å²) < 4.78 is 2.91. The lowest BCUT2D eigenvalue weighted by Gasteiger charge is -2.33. The Balaban J connectivity index is 1.48. The first kappa shape index (κ1) is 18.8. The van der Waals surface area contributed by atoms with Crippen molar-refractivity contribution in [3.63, 3.8) is 0 Å². The van der Waals surface area contributed by atoms with Crippen LogP contribution < -0.4 is 10.2 Å². The first-order valence-corrected chi connectivity index (χ1v) is 10.3. The van der Waals surface area contributed by atoms with Crippen LogP contribution in [-0.4, -0.2) is 47.9 Å². The molecule has 2 heterocycles. The maximum atomic E-state index is 12.8. The molecule has 1 aliphatic heterocycles. The molecule has 0 radical (unpaired) electrons. The molecule has 6 nitrogen and oxygen atoms in total.